The van der Waals surface area contributed by atoms with Crippen LogP contribution in [0.4, 0.5) is 9.93 Å². The number of aromatic nitrogens is 1. The van der Waals surface area contributed by atoms with Gasteiger partial charge in [0.1, 0.15) is 0 Å². The molecule has 1 aromatic rings. The van der Waals surface area contributed by atoms with Crippen molar-refractivity contribution in [2.75, 3.05) is 11.9 Å². The second-order valence-corrected chi connectivity index (χ2v) is 6.09. The number of carbonyl (C=O) groups excluding carboxylic acids is 4. The maximum atomic E-state index is 12.1. The zero-order valence-corrected chi connectivity index (χ0v) is 14.1. The third-order valence-electron chi connectivity index (χ3n) is 3.37. The first-order chi connectivity index (χ1) is 11.4. The van der Waals surface area contributed by atoms with Crippen LogP contribution < -0.4 is 16.0 Å². The molecule has 0 spiro atoms. The minimum atomic E-state index is -0.651. The lowest BCUT2D eigenvalue weighted by Gasteiger charge is -2.28. The maximum Gasteiger partial charge on any atom is 0.321 e. The molecule has 2 heterocycles. The molecule has 0 saturated carbocycles. The molecule has 2 unspecified atom stereocenters. The molecule has 4 amide bonds. The Bertz CT molecular complexity index is 659. The number of rotatable bonds is 6. The minimum Gasteiger partial charge on any atom is -0.466 e. The van der Waals surface area contributed by atoms with Crippen molar-refractivity contribution in [3.8, 4) is 0 Å². The van der Waals surface area contributed by atoms with E-state index >= 15 is 0 Å². The van der Waals surface area contributed by atoms with E-state index in [0.29, 0.717) is 17.4 Å². The van der Waals surface area contributed by atoms with Gasteiger partial charge in [-0.05, 0) is 13.8 Å². The first kappa shape index (κ1) is 17.9. The fourth-order valence-corrected chi connectivity index (χ4v) is 2.95. The molecule has 1 aliphatic heterocycles. The van der Waals surface area contributed by atoms with Crippen molar-refractivity contribution in [3.05, 3.63) is 11.1 Å². The normalized spacial score (nSPS) is 20.1. The topological polar surface area (TPSA) is 126 Å². The molecule has 1 aliphatic rings. The van der Waals surface area contributed by atoms with Gasteiger partial charge in [-0.15, -0.1) is 11.3 Å². The summed E-state index contributed by atoms with van der Waals surface area (Å²) >= 11 is 1.18. The highest BCUT2D eigenvalue weighted by Crippen LogP contribution is 2.18. The predicted octanol–water partition coefficient (Wildman–Crippen LogP) is 0.421. The number of esters is 1. The third kappa shape index (κ3) is 4.75. The summed E-state index contributed by atoms with van der Waals surface area (Å²) in [4.78, 5) is 50.5. The van der Waals surface area contributed by atoms with E-state index in [0.717, 1.165) is 0 Å². The highest BCUT2D eigenvalue weighted by molar-refractivity contribution is 7.13. The van der Waals surface area contributed by atoms with Gasteiger partial charge in [0, 0.05) is 17.8 Å². The van der Waals surface area contributed by atoms with E-state index in [2.05, 4.69) is 20.9 Å². The van der Waals surface area contributed by atoms with Gasteiger partial charge in [-0.25, -0.2) is 9.78 Å². The molecule has 3 N–H and O–H groups in total. The monoisotopic (exact) mass is 354 g/mol. The van der Waals surface area contributed by atoms with Crippen molar-refractivity contribution in [2.24, 2.45) is 5.92 Å². The number of hydrogen-bond donors (Lipinski definition) is 3. The van der Waals surface area contributed by atoms with Gasteiger partial charge in [0.25, 0.3) is 0 Å². The fourth-order valence-electron chi connectivity index (χ4n) is 2.22. The van der Waals surface area contributed by atoms with Crippen LogP contribution in [0.2, 0.25) is 0 Å². The van der Waals surface area contributed by atoms with Gasteiger partial charge in [-0.3, -0.25) is 19.7 Å². The number of hydrogen-bond acceptors (Lipinski definition) is 7. The molecule has 1 aromatic heterocycles. The summed E-state index contributed by atoms with van der Waals surface area (Å²) in [7, 11) is 0. The van der Waals surface area contributed by atoms with E-state index in [1.54, 1.807) is 19.2 Å². The van der Waals surface area contributed by atoms with Gasteiger partial charge in [0.05, 0.1) is 24.6 Å². The van der Waals surface area contributed by atoms with Gasteiger partial charge >= 0.3 is 12.0 Å². The molecule has 130 valence electrons. The molecule has 24 heavy (non-hydrogen) atoms. The Morgan fingerprint density at radius 3 is 2.83 bits per heavy atom. The smallest absolute Gasteiger partial charge is 0.321 e. The van der Waals surface area contributed by atoms with Crippen molar-refractivity contribution in [3.63, 3.8) is 0 Å². The van der Waals surface area contributed by atoms with Crippen LogP contribution in [-0.4, -0.2) is 41.4 Å². The van der Waals surface area contributed by atoms with Gasteiger partial charge in [-0.2, -0.15) is 0 Å². The lowest BCUT2D eigenvalue weighted by atomic mass is 9.94. The third-order valence-corrected chi connectivity index (χ3v) is 4.18. The van der Waals surface area contributed by atoms with Crippen LogP contribution in [0, 0.1) is 5.92 Å². The molecule has 0 aliphatic carbocycles. The molecule has 0 bridgehead atoms. The van der Waals surface area contributed by atoms with Crippen molar-refractivity contribution in [2.45, 2.75) is 32.7 Å². The molecule has 2 rings (SSSR count). The summed E-state index contributed by atoms with van der Waals surface area (Å²) in [6, 6.07) is -1.000. The second-order valence-electron chi connectivity index (χ2n) is 5.24. The van der Waals surface area contributed by atoms with Crippen LogP contribution in [0.5, 0.6) is 0 Å². The number of anilines is 1. The summed E-state index contributed by atoms with van der Waals surface area (Å²) in [6.45, 7) is 3.68. The molecule has 0 radical (unpaired) electrons. The maximum absolute atomic E-state index is 12.1. The van der Waals surface area contributed by atoms with Crippen LogP contribution in [0.3, 0.4) is 0 Å². The van der Waals surface area contributed by atoms with Crippen LogP contribution in [0.1, 0.15) is 26.0 Å². The number of nitrogens with zero attached hydrogens (tertiary/aromatic N) is 1. The Morgan fingerprint density at radius 2 is 2.17 bits per heavy atom. The van der Waals surface area contributed by atoms with Gasteiger partial charge < -0.3 is 15.4 Å². The van der Waals surface area contributed by atoms with Crippen LogP contribution in [-0.2, 0) is 25.5 Å². The molecule has 1 saturated heterocycles. The molecule has 10 heteroatoms. The zero-order valence-electron chi connectivity index (χ0n) is 13.3. The Balaban J connectivity index is 1.88. The van der Waals surface area contributed by atoms with E-state index in [-0.39, 0.29) is 18.8 Å². The van der Waals surface area contributed by atoms with Gasteiger partial charge in [-0.1, -0.05) is 0 Å². The number of urea groups is 1. The van der Waals surface area contributed by atoms with Crippen LogP contribution in [0.25, 0.3) is 0 Å². The number of imide groups is 1. The van der Waals surface area contributed by atoms with Crippen LogP contribution in [0.15, 0.2) is 5.38 Å². The lowest BCUT2D eigenvalue weighted by molar-refractivity contribution is -0.142. The largest absolute Gasteiger partial charge is 0.466 e. The summed E-state index contributed by atoms with van der Waals surface area (Å²) in [5.41, 5.74) is 0.504. The molecule has 1 fully saturated rings. The van der Waals surface area contributed by atoms with Crippen molar-refractivity contribution in [1.82, 2.24) is 15.6 Å². The summed E-state index contributed by atoms with van der Waals surface area (Å²) in [5.74, 6) is -1.91. The fraction of sp³-hybridized carbons (Fsp3) is 0.500. The van der Waals surface area contributed by atoms with E-state index < -0.39 is 29.8 Å². The lowest BCUT2D eigenvalue weighted by Crippen LogP contribution is -2.57. The Morgan fingerprint density at radius 1 is 1.42 bits per heavy atom. The molecule has 2 atom stereocenters. The van der Waals surface area contributed by atoms with E-state index in [4.69, 9.17) is 4.74 Å². The summed E-state index contributed by atoms with van der Waals surface area (Å²) in [5, 5.41) is 9.27. The summed E-state index contributed by atoms with van der Waals surface area (Å²) in [6.07, 6.45) is -0.0472. The number of nitrogens with one attached hydrogen (secondary N) is 3. The Labute approximate surface area is 142 Å². The van der Waals surface area contributed by atoms with E-state index in [9.17, 15) is 19.2 Å². The highest BCUT2D eigenvalue weighted by Gasteiger charge is 2.34. The molecule has 0 aromatic carbocycles. The number of amides is 4. The van der Waals surface area contributed by atoms with E-state index in [1.807, 2.05) is 0 Å². The molecular weight excluding hydrogens is 336 g/mol. The SMILES string of the molecule is CCOC(=O)Cc1csc(NC(=O)CC2C(=O)NC(=O)NC2C)n1. The number of ether oxygens (including phenoxy) is 1. The van der Waals surface area contributed by atoms with Gasteiger partial charge in [0.15, 0.2) is 5.13 Å². The van der Waals surface area contributed by atoms with Gasteiger partial charge in [0.2, 0.25) is 11.8 Å². The highest BCUT2D eigenvalue weighted by atomic mass is 32.1. The van der Waals surface area contributed by atoms with E-state index in [1.165, 1.54) is 11.3 Å². The average Bonchev–Trinajstić information content (AvgIpc) is 2.90. The summed E-state index contributed by atoms with van der Waals surface area (Å²) < 4.78 is 4.83. The minimum absolute atomic E-state index is 0.0360. The quantitative estimate of drug-likeness (QED) is 0.636. The Kier molecular flexibility index (Phi) is 5.85. The first-order valence-corrected chi connectivity index (χ1v) is 8.28. The van der Waals surface area contributed by atoms with Crippen LogP contribution >= 0.6 is 11.3 Å². The standard InChI is InChI=1S/C14H18N4O5S/c1-3-23-11(20)4-8-6-24-14(16-8)17-10(19)5-9-7(2)15-13(22)18-12(9)21/h6-7,9H,3-5H2,1-2H3,(H,16,17,19)(H2,15,18,21,22). The zero-order chi connectivity index (χ0) is 17.7. The first-order valence-electron chi connectivity index (χ1n) is 7.40. The molecule has 9 nitrogen and oxygen atoms in total. The van der Waals surface area contributed by atoms with Crippen molar-refractivity contribution >= 4 is 40.3 Å². The van der Waals surface area contributed by atoms with Crippen molar-refractivity contribution in [1.29, 1.82) is 0 Å². The number of thiazole rings is 1. The Hall–Kier alpha value is -2.49. The number of carbonyl (C=O) groups is 4. The average molecular weight is 354 g/mol. The van der Waals surface area contributed by atoms with Crippen molar-refractivity contribution < 1.29 is 23.9 Å². The second kappa shape index (κ2) is 7.86. The molecular formula is C14H18N4O5S. The predicted molar refractivity (Wildman–Crippen MR) is 85.3 cm³/mol.